The second-order valence-corrected chi connectivity index (χ2v) is 8.69. The van der Waals surface area contributed by atoms with E-state index in [1.165, 1.54) is 30.3 Å². The Hall–Kier alpha value is -2.94. The van der Waals surface area contributed by atoms with Gasteiger partial charge in [0.15, 0.2) is 11.4 Å². The molecule has 3 aromatic rings. The van der Waals surface area contributed by atoms with Crippen molar-refractivity contribution >= 4 is 17.0 Å². The standard InChI is InChI=1S/C23H28N4O5/c28-21(14-27-17-8-3-4-10-19(17)31-23(27)29)26-12-5-9-18(26)22-24-20(25-32-22)11-13-30-15-16-6-1-2-7-16/h3-4,8,10,16,18H,1-2,5-7,9,11-15H2. The predicted molar refractivity (Wildman–Crippen MR) is 115 cm³/mol. The van der Waals surface area contributed by atoms with E-state index < -0.39 is 5.76 Å². The van der Waals surface area contributed by atoms with Crippen molar-refractivity contribution in [3.05, 3.63) is 46.5 Å². The summed E-state index contributed by atoms with van der Waals surface area (Å²) in [6, 6.07) is 6.83. The Morgan fingerprint density at radius 1 is 1.16 bits per heavy atom. The number of likely N-dealkylation sites (tertiary alicyclic amines) is 1. The molecule has 1 amide bonds. The molecule has 1 atom stereocenters. The summed E-state index contributed by atoms with van der Waals surface area (Å²) in [5.74, 6) is 1.04. The Labute approximate surface area is 185 Å². The van der Waals surface area contributed by atoms with Gasteiger partial charge in [0.1, 0.15) is 12.6 Å². The van der Waals surface area contributed by atoms with Crippen LogP contribution in [0.1, 0.15) is 56.3 Å². The number of ether oxygens (including phenoxy) is 1. The zero-order chi connectivity index (χ0) is 21.9. The lowest BCUT2D eigenvalue weighted by atomic mass is 10.1. The van der Waals surface area contributed by atoms with E-state index in [0.717, 1.165) is 19.4 Å². The molecular formula is C23H28N4O5. The topological polar surface area (TPSA) is 104 Å². The summed E-state index contributed by atoms with van der Waals surface area (Å²) in [5, 5.41) is 4.08. The van der Waals surface area contributed by atoms with Crippen molar-refractivity contribution in [1.29, 1.82) is 0 Å². The average Bonchev–Trinajstić information content (AvgIpc) is 3.58. The highest BCUT2D eigenvalue weighted by Crippen LogP contribution is 2.31. The van der Waals surface area contributed by atoms with Crippen molar-refractivity contribution in [2.75, 3.05) is 19.8 Å². The fraction of sp³-hybridized carbons (Fsp3) is 0.565. The number of benzene rings is 1. The van der Waals surface area contributed by atoms with E-state index in [1.54, 1.807) is 23.1 Å². The quantitative estimate of drug-likeness (QED) is 0.496. The molecule has 2 aliphatic rings. The maximum Gasteiger partial charge on any atom is 0.420 e. The van der Waals surface area contributed by atoms with Crippen molar-refractivity contribution in [2.45, 2.75) is 57.5 Å². The van der Waals surface area contributed by atoms with Crippen LogP contribution in [0.15, 0.2) is 38.0 Å². The fourth-order valence-corrected chi connectivity index (χ4v) is 4.81. The lowest BCUT2D eigenvalue weighted by Gasteiger charge is -2.21. The van der Waals surface area contributed by atoms with Gasteiger partial charge >= 0.3 is 5.76 Å². The molecule has 1 saturated heterocycles. The highest BCUT2D eigenvalue weighted by Gasteiger charge is 2.34. The molecule has 170 valence electrons. The van der Waals surface area contributed by atoms with Crippen LogP contribution in [0.3, 0.4) is 0 Å². The predicted octanol–water partition coefficient (Wildman–Crippen LogP) is 3.09. The third-order valence-corrected chi connectivity index (χ3v) is 6.51. The summed E-state index contributed by atoms with van der Waals surface area (Å²) in [4.78, 5) is 31.5. The lowest BCUT2D eigenvalue weighted by molar-refractivity contribution is -0.133. The first-order valence-corrected chi connectivity index (χ1v) is 11.5. The number of para-hydroxylation sites is 2. The molecule has 0 spiro atoms. The van der Waals surface area contributed by atoms with Gasteiger partial charge in [-0.3, -0.25) is 9.36 Å². The van der Waals surface area contributed by atoms with Crippen LogP contribution in [-0.4, -0.2) is 45.3 Å². The van der Waals surface area contributed by atoms with Crippen LogP contribution in [0.4, 0.5) is 0 Å². The first-order chi connectivity index (χ1) is 15.7. The molecule has 3 heterocycles. The summed E-state index contributed by atoms with van der Waals surface area (Å²) in [7, 11) is 0. The number of rotatable bonds is 8. The fourth-order valence-electron chi connectivity index (χ4n) is 4.81. The number of amides is 1. The van der Waals surface area contributed by atoms with Crippen LogP contribution in [0.2, 0.25) is 0 Å². The van der Waals surface area contributed by atoms with Crippen molar-refractivity contribution in [3.63, 3.8) is 0 Å². The summed E-state index contributed by atoms with van der Waals surface area (Å²) >= 11 is 0. The monoisotopic (exact) mass is 440 g/mol. The minimum atomic E-state index is -0.534. The maximum atomic E-state index is 13.1. The van der Waals surface area contributed by atoms with E-state index in [4.69, 9.17) is 13.7 Å². The second-order valence-electron chi connectivity index (χ2n) is 8.69. The molecule has 5 rings (SSSR count). The molecule has 1 unspecified atom stereocenters. The van der Waals surface area contributed by atoms with Gasteiger partial charge in [0.05, 0.1) is 12.1 Å². The van der Waals surface area contributed by atoms with E-state index in [-0.39, 0.29) is 18.5 Å². The smallest absolute Gasteiger partial charge is 0.408 e. The van der Waals surface area contributed by atoms with Crippen LogP contribution < -0.4 is 5.76 Å². The Balaban J connectivity index is 1.20. The molecule has 32 heavy (non-hydrogen) atoms. The molecule has 2 fully saturated rings. The van der Waals surface area contributed by atoms with Gasteiger partial charge in [-0.25, -0.2) is 4.79 Å². The normalized spacial score (nSPS) is 19.4. The summed E-state index contributed by atoms with van der Waals surface area (Å²) in [5.41, 5.74) is 1.08. The molecule has 1 aromatic carbocycles. The molecule has 9 nitrogen and oxygen atoms in total. The van der Waals surface area contributed by atoms with Crippen molar-refractivity contribution in [1.82, 2.24) is 19.6 Å². The molecule has 9 heteroatoms. The molecule has 2 aromatic heterocycles. The Morgan fingerprint density at radius 2 is 2.00 bits per heavy atom. The highest BCUT2D eigenvalue weighted by molar-refractivity contribution is 5.80. The van der Waals surface area contributed by atoms with Crippen molar-refractivity contribution in [2.24, 2.45) is 5.92 Å². The van der Waals surface area contributed by atoms with Crippen LogP contribution in [0.25, 0.3) is 11.1 Å². The van der Waals surface area contributed by atoms with E-state index in [9.17, 15) is 9.59 Å². The molecule has 1 aliphatic carbocycles. The van der Waals surface area contributed by atoms with Gasteiger partial charge in [-0.2, -0.15) is 4.98 Å². The number of fused-ring (bicyclic) bond motifs is 1. The van der Waals surface area contributed by atoms with Gasteiger partial charge < -0.3 is 18.6 Å². The third kappa shape index (κ3) is 4.34. The Bertz CT molecular complexity index is 1130. The number of hydrogen-bond donors (Lipinski definition) is 0. The summed E-state index contributed by atoms with van der Waals surface area (Å²) in [6.07, 6.45) is 7.34. The van der Waals surface area contributed by atoms with Gasteiger partial charge in [-0.15, -0.1) is 0 Å². The molecule has 1 saturated carbocycles. The van der Waals surface area contributed by atoms with E-state index in [0.29, 0.717) is 48.3 Å². The van der Waals surface area contributed by atoms with Gasteiger partial charge in [0, 0.05) is 19.6 Å². The summed E-state index contributed by atoms with van der Waals surface area (Å²) in [6.45, 7) is 1.88. The second kappa shape index (κ2) is 9.28. The van der Waals surface area contributed by atoms with Gasteiger partial charge in [-0.1, -0.05) is 30.1 Å². The van der Waals surface area contributed by atoms with Crippen molar-refractivity contribution in [3.8, 4) is 0 Å². The lowest BCUT2D eigenvalue weighted by Crippen LogP contribution is -2.35. The highest BCUT2D eigenvalue weighted by atomic mass is 16.5. The van der Waals surface area contributed by atoms with Crippen LogP contribution >= 0.6 is 0 Å². The zero-order valence-corrected chi connectivity index (χ0v) is 18.1. The minimum absolute atomic E-state index is 0.0810. The minimum Gasteiger partial charge on any atom is -0.408 e. The van der Waals surface area contributed by atoms with Crippen molar-refractivity contribution < 1.29 is 18.5 Å². The third-order valence-electron chi connectivity index (χ3n) is 6.51. The van der Waals surface area contributed by atoms with Crippen LogP contribution in [-0.2, 0) is 22.5 Å². The zero-order valence-electron chi connectivity index (χ0n) is 18.1. The van der Waals surface area contributed by atoms with E-state index in [1.807, 2.05) is 6.07 Å². The number of carbonyl (C=O) groups is 1. The number of carbonyl (C=O) groups excluding carboxylic acids is 1. The Kier molecular flexibility index (Phi) is 6.07. The number of hydrogen-bond acceptors (Lipinski definition) is 7. The number of oxazole rings is 1. The average molecular weight is 441 g/mol. The largest absolute Gasteiger partial charge is 0.420 e. The number of nitrogens with zero attached hydrogens (tertiary/aromatic N) is 4. The summed E-state index contributed by atoms with van der Waals surface area (Å²) < 4.78 is 17.9. The first-order valence-electron chi connectivity index (χ1n) is 11.5. The van der Waals surface area contributed by atoms with Gasteiger partial charge in [0.25, 0.3) is 0 Å². The SMILES string of the molecule is O=C(Cn1c(=O)oc2ccccc21)N1CCCC1c1nc(CCOCC2CCCC2)no1. The van der Waals surface area contributed by atoms with Crippen LogP contribution in [0, 0.1) is 5.92 Å². The van der Waals surface area contributed by atoms with Crippen LogP contribution in [0.5, 0.6) is 0 Å². The molecule has 0 bridgehead atoms. The Morgan fingerprint density at radius 3 is 2.88 bits per heavy atom. The van der Waals surface area contributed by atoms with E-state index >= 15 is 0 Å². The molecule has 0 N–H and O–H groups in total. The molecule has 1 aliphatic heterocycles. The maximum absolute atomic E-state index is 13.1. The van der Waals surface area contributed by atoms with E-state index in [2.05, 4.69) is 10.1 Å². The molecule has 0 radical (unpaired) electrons. The van der Waals surface area contributed by atoms with Gasteiger partial charge in [0.2, 0.25) is 11.8 Å². The number of aromatic nitrogens is 3. The molecular weight excluding hydrogens is 412 g/mol. The van der Waals surface area contributed by atoms with Gasteiger partial charge in [-0.05, 0) is 43.7 Å². The first kappa shape index (κ1) is 20.9.